The van der Waals surface area contributed by atoms with Crippen molar-refractivity contribution in [2.45, 2.75) is 45.3 Å². The maximum atomic E-state index is 2.57. The fourth-order valence-corrected chi connectivity index (χ4v) is 4.99. The SMILES string of the molecule is CC[Si](/C=C\Cc1ccccc1)(CC)CC. The summed E-state index contributed by atoms with van der Waals surface area (Å²) in [5.74, 6) is 0. The van der Waals surface area contributed by atoms with E-state index in [1.807, 2.05) is 0 Å². The van der Waals surface area contributed by atoms with Crippen LogP contribution in [-0.4, -0.2) is 8.07 Å². The summed E-state index contributed by atoms with van der Waals surface area (Å²) in [6, 6.07) is 14.9. The molecular weight excluding hydrogens is 208 g/mol. The molecule has 1 heteroatoms. The topological polar surface area (TPSA) is 0 Å². The normalized spacial score (nSPS) is 12.2. The molecule has 0 saturated heterocycles. The Hall–Kier alpha value is -0.823. The minimum atomic E-state index is -1.05. The Morgan fingerprint density at radius 1 is 0.938 bits per heavy atom. The van der Waals surface area contributed by atoms with Crippen LogP contribution in [-0.2, 0) is 6.42 Å². The molecule has 0 aliphatic carbocycles. The van der Waals surface area contributed by atoms with Crippen LogP contribution in [0.4, 0.5) is 0 Å². The first-order valence-corrected chi connectivity index (χ1v) is 9.18. The Balaban J connectivity index is 2.59. The van der Waals surface area contributed by atoms with Gasteiger partial charge in [0.25, 0.3) is 0 Å². The average molecular weight is 232 g/mol. The standard InChI is InChI=1S/C15H24Si/c1-4-16(5-2,6-3)14-10-13-15-11-8-7-9-12-15/h7-12,14H,4-6,13H2,1-3H3/b14-10-. The van der Waals surface area contributed by atoms with Crippen LogP contribution in [0.2, 0.25) is 18.1 Å². The van der Waals surface area contributed by atoms with E-state index in [0.29, 0.717) is 0 Å². The van der Waals surface area contributed by atoms with Gasteiger partial charge in [0.2, 0.25) is 0 Å². The Morgan fingerprint density at radius 3 is 2.00 bits per heavy atom. The average Bonchev–Trinajstić information content (AvgIpc) is 2.37. The van der Waals surface area contributed by atoms with Crippen molar-refractivity contribution in [3.05, 3.63) is 47.7 Å². The third kappa shape index (κ3) is 3.64. The molecule has 0 N–H and O–H groups in total. The molecule has 16 heavy (non-hydrogen) atoms. The number of hydrogen-bond acceptors (Lipinski definition) is 0. The zero-order chi connectivity index (χ0) is 11.9. The summed E-state index contributed by atoms with van der Waals surface area (Å²) in [7, 11) is -1.05. The van der Waals surface area contributed by atoms with Crippen LogP contribution in [0.15, 0.2) is 42.1 Å². The minimum Gasteiger partial charge on any atom is -0.0978 e. The Kier molecular flexibility index (Phi) is 5.54. The molecule has 0 aromatic heterocycles. The van der Waals surface area contributed by atoms with E-state index in [1.54, 1.807) is 0 Å². The first kappa shape index (κ1) is 13.2. The first-order chi connectivity index (χ1) is 7.76. The van der Waals surface area contributed by atoms with Crippen LogP contribution in [0.1, 0.15) is 26.3 Å². The van der Waals surface area contributed by atoms with Crippen molar-refractivity contribution in [2.75, 3.05) is 0 Å². The zero-order valence-corrected chi connectivity index (χ0v) is 11.9. The van der Waals surface area contributed by atoms with Gasteiger partial charge in [-0.05, 0) is 12.0 Å². The quantitative estimate of drug-likeness (QED) is 0.616. The molecule has 0 bridgehead atoms. The van der Waals surface area contributed by atoms with Gasteiger partial charge in [-0.2, -0.15) is 0 Å². The van der Waals surface area contributed by atoms with Crippen LogP contribution >= 0.6 is 0 Å². The second kappa shape index (κ2) is 6.69. The van der Waals surface area contributed by atoms with Gasteiger partial charge < -0.3 is 0 Å². The Morgan fingerprint density at radius 2 is 1.50 bits per heavy atom. The van der Waals surface area contributed by atoms with Crippen molar-refractivity contribution in [3.63, 3.8) is 0 Å². The maximum absolute atomic E-state index is 2.57. The van der Waals surface area contributed by atoms with Crippen molar-refractivity contribution in [1.82, 2.24) is 0 Å². The maximum Gasteiger partial charge on any atom is 0.0766 e. The molecule has 0 aliphatic rings. The predicted octanol–water partition coefficient (Wildman–Crippen LogP) is 4.83. The van der Waals surface area contributed by atoms with Crippen LogP contribution in [0, 0.1) is 0 Å². The highest BCUT2D eigenvalue weighted by Gasteiger charge is 2.22. The summed E-state index contributed by atoms with van der Waals surface area (Å²) in [4.78, 5) is 0. The molecular formula is C15H24Si. The van der Waals surface area contributed by atoms with E-state index in [2.05, 4.69) is 62.9 Å². The Bertz CT molecular complexity index is 301. The van der Waals surface area contributed by atoms with E-state index in [1.165, 1.54) is 23.7 Å². The molecule has 0 saturated carbocycles. The molecule has 1 rings (SSSR count). The van der Waals surface area contributed by atoms with Crippen molar-refractivity contribution >= 4 is 8.07 Å². The van der Waals surface area contributed by atoms with Crippen molar-refractivity contribution in [3.8, 4) is 0 Å². The second-order valence-electron chi connectivity index (χ2n) is 4.52. The van der Waals surface area contributed by atoms with E-state index in [9.17, 15) is 0 Å². The van der Waals surface area contributed by atoms with E-state index in [-0.39, 0.29) is 0 Å². The lowest BCUT2D eigenvalue weighted by atomic mass is 10.2. The highest BCUT2D eigenvalue weighted by molar-refractivity contribution is 6.84. The molecule has 0 heterocycles. The Labute approximate surface area is 101 Å². The number of allylic oxidation sites excluding steroid dienone is 1. The second-order valence-corrected chi connectivity index (χ2v) is 9.69. The molecule has 0 amide bonds. The van der Waals surface area contributed by atoms with Gasteiger partial charge >= 0.3 is 0 Å². The van der Waals surface area contributed by atoms with Crippen molar-refractivity contribution in [1.29, 1.82) is 0 Å². The van der Waals surface area contributed by atoms with Gasteiger partial charge in [-0.1, -0.05) is 81.0 Å². The highest BCUT2D eigenvalue weighted by Crippen LogP contribution is 2.21. The third-order valence-corrected chi connectivity index (χ3v) is 8.95. The number of rotatable bonds is 6. The van der Waals surface area contributed by atoms with Crippen LogP contribution in [0.25, 0.3) is 0 Å². The van der Waals surface area contributed by atoms with Crippen molar-refractivity contribution < 1.29 is 0 Å². The molecule has 88 valence electrons. The van der Waals surface area contributed by atoms with E-state index in [4.69, 9.17) is 0 Å². The summed E-state index contributed by atoms with van der Waals surface area (Å²) in [5.41, 5.74) is 3.99. The van der Waals surface area contributed by atoms with Gasteiger partial charge in [0.1, 0.15) is 0 Å². The number of benzene rings is 1. The molecule has 0 atom stereocenters. The summed E-state index contributed by atoms with van der Waals surface area (Å²) < 4.78 is 0. The van der Waals surface area contributed by atoms with E-state index < -0.39 is 8.07 Å². The molecule has 1 aromatic rings. The lowest BCUT2D eigenvalue weighted by molar-refractivity contribution is 1.18. The molecule has 0 radical (unpaired) electrons. The van der Waals surface area contributed by atoms with Gasteiger partial charge in [0.05, 0.1) is 8.07 Å². The van der Waals surface area contributed by atoms with E-state index >= 15 is 0 Å². The van der Waals surface area contributed by atoms with Gasteiger partial charge in [-0.25, -0.2) is 0 Å². The monoisotopic (exact) mass is 232 g/mol. The fraction of sp³-hybridized carbons (Fsp3) is 0.467. The molecule has 0 aliphatic heterocycles. The third-order valence-electron chi connectivity index (χ3n) is 3.78. The summed E-state index contributed by atoms with van der Waals surface area (Å²) >= 11 is 0. The molecule has 1 aromatic carbocycles. The van der Waals surface area contributed by atoms with Crippen LogP contribution in [0.3, 0.4) is 0 Å². The minimum absolute atomic E-state index is 1.05. The van der Waals surface area contributed by atoms with Crippen molar-refractivity contribution in [2.24, 2.45) is 0 Å². The predicted molar refractivity (Wildman–Crippen MR) is 76.5 cm³/mol. The van der Waals surface area contributed by atoms with Gasteiger partial charge in [0, 0.05) is 0 Å². The summed E-state index contributed by atoms with van der Waals surface area (Å²) in [6.07, 6.45) is 3.49. The first-order valence-electron chi connectivity index (χ1n) is 6.48. The van der Waals surface area contributed by atoms with Gasteiger partial charge in [-0.15, -0.1) is 0 Å². The molecule has 0 spiro atoms. The zero-order valence-electron chi connectivity index (χ0n) is 10.9. The van der Waals surface area contributed by atoms with Gasteiger partial charge in [-0.3, -0.25) is 0 Å². The summed E-state index contributed by atoms with van der Waals surface area (Å²) in [6.45, 7) is 7.06. The highest BCUT2D eigenvalue weighted by atomic mass is 28.3. The largest absolute Gasteiger partial charge is 0.0978 e. The molecule has 0 fully saturated rings. The smallest absolute Gasteiger partial charge is 0.0766 e. The molecule has 0 unspecified atom stereocenters. The molecule has 0 nitrogen and oxygen atoms in total. The van der Waals surface area contributed by atoms with E-state index in [0.717, 1.165) is 6.42 Å². The summed E-state index contributed by atoms with van der Waals surface area (Å²) in [5, 5.41) is 0. The van der Waals surface area contributed by atoms with Crippen LogP contribution < -0.4 is 0 Å². The lowest BCUT2D eigenvalue weighted by Crippen LogP contribution is -2.28. The van der Waals surface area contributed by atoms with Gasteiger partial charge in [0.15, 0.2) is 0 Å². The van der Waals surface area contributed by atoms with Crippen LogP contribution in [0.5, 0.6) is 0 Å². The number of hydrogen-bond donors (Lipinski definition) is 0. The fourth-order valence-electron chi connectivity index (χ4n) is 2.16. The lowest BCUT2D eigenvalue weighted by Gasteiger charge is -2.23.